The molecular weight excluding hydrogens is 360 g/mol. The molecule has 4 aliphatic carbocycles. The monoisotopic (exact) mass is 400 g/mol. The number of rotatable bonds is 2. The van der Waals surface area contributed by atoms with E-state index in [1.54, 1.807) is 0 Å². The van der Waals surface area contributed by atoms with Crippen LogP contribution in [-0.2, 0) is 7.05 Å². The first-order valence-electron chi connectivity index (χ1n) is 12.0. The Labute approximate surface area is 176 Å². The molecule has 4 heteroatoms. The van der Waals surface area contributed by atoms with E-state index in [0.29, 0.717) is 17.3 Å². The Morgan fingerprint density at radius 3 is 2.48 bits per heavy atom. The Balaban J connectivity index is 1.39. The number of nitrogens with zero attached hydrogens (tertiary/aromatic N) is 2. The predicted octanol–water partition coefficient (Wildman–Crippen LogP) is 4.86. The van der Waals surface area contributed by atoms with Crippen molar-refractivity contribution in [3.63, 3.8) is 0 Å². The van der Waals surface area contributed by atoms with Gasteiger partial charge in [0.2, 0.25) is 0 Å². The van der Waals surface area contributed by atoms with E-state index in [2.05, 4.69) is 25.9 Å². The van der Waals surface area contributed by atoms with Gasteiger partial charge in [-0.1, -0.05) is 13.8 Å². The number of aryl methyl sites for hydroxylation is 1. The van der Waals surface area contributed by atoms with E-state index < -0.39 is 5.60 Å². The molecule has 0 aromatic carbocycles. The van der Waals surface area contributed by atoms with Crippen LogP contribution < -0.4 is 0 Å². The SMILES string of the molecule is Cn1cc(C(O)[C@H]2CC[C@H]3[C@@H]4CC[C@H]5C[C@](C)(O)CC[C@]5(C)[C@H]4CC[C@]23C)cn1. The van der Waals surface area contributed by atoms with Gasteiger partial charge in [-0.2, -0.15) is 5.10 Å². The van der Waals surface area contributed by atoms with Crippen LogP contribution >= 0.6 is 0 Å². The molecule has 0 bridgehead atoms. The zero-order valence-corrected chi connectivity index (χ0v) is 18.8. The van der Waals surface area contributed by atoms with Crippen LogP contribution in [0, 0.1) is 40.4 Å². The van der Waals surface area contributed by atoms with E-state index in [-0.39, 0.29) is 11.5 Å². The molecule has 1 heterocycles. The van der Waals surface area contributed by atoms with Gasteiger partial charge in [-0.25, -0.2) is 0 Å². The third-order valence-electron chi connectivity index (χ3n) is 10.5. The number of aromatic nitrogens is 2. The molecule has 29 heavy (non-hydrogen) atoms. The summed E-state index contributed by atoms with van der Waals surface area (Å²) in [6, 6.07) is 0. The lowest BCUT2D eigenvalue weighted by Gasteiger charge is -2.62. The van der Waals surface area contributed by atoms with Crippen molar-refractivity contribution < 1.29 is 10.2 Å². The number of hydrogen-bond donors (Lipinski definition) is 2. The van der Waals surface area contributed by atoms with Crippen molar-refractivity contribution in [3.8, 4) is 0 Å². The van der Waals surface area contributed by atoms with Gasteiger partial charge in [-0.15, -0.1) is 0 Å². The molecule has 9 atom stereocenters. The van der Waals surface area contributed by atoms with Crippen LogP contribution in [0.15, 0.2) is 12.4 Å². The summed E-state index contributed by atoms with van der Waals surface area (Å²) in [4.78, 5) is 0. The lowest BCUT2D eigenvalue weighted by Crippen LogP contribution is -2.55. The lowest BCUT2D eigenvalue weighted by molar-refractivity contribution is -0.150. The summed E-state index contributed by atoms with van der Waals surface area (Å²) in [6.45, 7) is 7.10. The Morgan fingerprint density at radius 1 is 1.00 bits per heavy atom. The third kappa shape index (κ3) is 2.96. The minimum absolute atomic E-state index is 0.250. The molecule has 162 valence electrons. The average molecular weight is 401 g/mol. The van der Waals surface area contributed by atoms with Crippen LogP contribution in [0.1, 0.15) is 90.2 Å². The second kappa shape index (κ2) is 6.56. The van der Waals surface area contributed by atoms with E-state index in [0.717, 1.165) is 42.6 Å². The fraction of sp³-hybridized carbons (Fsp3) is 0.880. The molecule has 0 spiro atoms. The Hall–Kier alpha value is -0.870. The van der Waals surface area contributed by atoms with Gasteiger partial charge >= 0.3 is 0 Å². The van der Waals surface area contributed by atoms with Crippen molar-refractivity contribution >= 4 is 0 Å². The molecule has 1 aromatic heterocycles. The van der Waals surface area contributed by atoms with Gasteiger partial charge in [0.05, 0.1) is 17.9 Å². The highest BCUT2D eigenvalue weighted by Gasteiger charge is 2.61. The van der Waals surface area contributed by atoms with Gasteiger partial charge < -0.3 is 10.2 Å². The molecule has 0 saturated heterocycles. The average Bonchev–Trinajstić information content (AvgIpc) is 3.24. The molecule has 4 fully saturated rings. The molecule has 5 rings (SSSR count). The van der Waals surface area contributed by atoms with Crippen molar-refractivity contribution in [2.24, 2.45) is 47.5 Å². The first kappa shape index (κ1) is 20.1. The van der Waals surface area contributed by atoms with Crippen LogP contribution in [0.2, 0.25) is 0 Å². The first-order valence-corrected chi connectivity index (χ1v) is 12.0. The largest absolute Gasteiger partial charge is 0.390 e. The number of aliphatic hydroxyl groups is 2. The van der Waals surface area contributed by atoms with Crippen LogP contribution in [0.3, 0.4) is 0 Å². The van der Waals surface area contributed by atoms with Crippen molar-refractivity contribution in [2.45, 2.75) is 90.3 Å². The van der Waals surface area contributed by atoms with Gasteiger partial charge in [0.15, 0.2) is 0 Å². The Morgan fingerprint density at radius 2 is 1.76 bits per heavy atom. The zero-order valence-electron chi connectivity index (χ0n) is 18.8. The third-order valence-corrected chi connectivity index (χ3v) is 10.5. The summed E-state index contributed by atoms with van der Waals surface area (Å²) in [5.41, 5.74) is 1.20. The highest BCUT2D eigenvalue weighted by atomic mass is 16.3. The molecule has 4 aliphatic rings. The molecule has 0 amide bonds. The van der Waals surface area contributed by atoms with Gasteiger partial charge in [0.25, 0.3) is 0 Å². The van der Waals surface area contributed by atoms with E-state index >= 15 is 0 Å². The maximum atomic E-state index is 11.2. The maximum absolute atomic E-state index is 11.2. The van der Waals surface area contributed by atoms with Gasteiger partial charge in [-0.05, 0) is 105 Å². The van der Waals surface area contributed by atoms with Crippen molar-refractivity contribution in [1.82, 2.24) is 9.78 Å². The summed E-state index contributed by atoms with van der Waals surface area (Å²) < 4.78 is 1.81. The molecule has 0 aliphatic heterocycles. The normalized spacial score (nSPS) is 50.5. The van der Waals surface area contributed by atoms with Gasteiger partial charge in [0.1, 0.15) is 0 Å². The minimum Gasteiger partial charge on any atom is -0.390 e. The van der Waals surface area contributed by atoms with Crippen molar-refractivity contribution in [1.29, 1.82) is 0 Å². The molecule has 2 N–H and O–H groups in total. The molecule has 4 nitrogen and oxygen atoms in total. The van der Waals surface area contributed by atoms with Gasteiger partial charge in [0, 0.05) is 18.8 Å². The summed E-state index contributed by atoms with van der Waals surface area (Å²) >= 11 is 0. The van der Waals surface area contributed by atoms with Crippen molar-refractivity contribution in [2.75, 3.05) is 0 Å². The van der Waals surface area contributed by atoms with E-state index in [1.165, 1.54) is 38.5 Å². The fourth-order valence-electron chi connectivity index (χ4n) is 8.82. The highest BCUT2D eigenvalue weighted by molar-refractivity contribution is 5.16. The van der Waals surface area contributed by atoms with Crippen LogP contribution in [0.5, 0.6) is 0 Å². The topological polar surface area (TPSA) is 58.3 Å². The lowest BCUT2D eigenvalue weighted by atomic mass is 9.44. The van der Waals surface area contributed by atoms with Gasteiger partial charge in [-0.3, -0.25) is 4.68 Å². The highest BCUT2D eigenvalue weighted by Crippen LogP contribution is 2.69. The number of aliphatic hydroxyl groups excluding tert-OH is 1. The number of fused-ring (bicyclic) bond motifs is 5. The second-order valence-electron chi connectivity index (χ2n) is 12.0. The number of hydrogen-bond acceptors (Lipinski definition) is 3. The second-order valence-corrected chi connectivity index (χ2v) is 12.0. The van der Waals surface area contributed by atoms with Crippen molar-refractivity contribution in [3.05, 3.63) is 18.0 Å². The standard InChI is InChI=1S/C25H40N2O2/c1-23(29)11-12-24(2)17(13-23)5-6-18-19-7-8-21(25(19,3)10-9-20(18)24)22(28)16-14-26-27(4)15-16/h14-15,17-22,28-29H,5-13H2,1-4H3/t17-,18-,19-,20-,21+,22?,23+,24-,25-/m0/s1. The van der Waals surface area contributed by atoms with Crippen LogP contribution in [0.25, 0.3) is 0 Å². The predicted molar refractivity (Wildman–Crippen MR) is 114 cm³/mol. The molecule has 1 aromatic rings. The van der Waals surface area contributed by atoms with E-state index in [9.17, 15) is 10.2 Å². The molecule has 1 unspecified atom stereocenters. The Kier molecular flexibility index (Phi) is 4.54. The summed E-state index contributed by atoms with van der Waals surface area (Å²) in [5, 5.41) is 26.2. The van der Waals surface area contributed by atoms with Crippen LogP contribution in [-0.4, -0.2) is 25.6 Å². The quantitative estimate of drug-likeness (QED) is 0.745. The summed E-state index contributed by atoms with van der Waals surface area (Å²) in [6.07, 6.45) is 14.2. The summed E-state index contributed by atoms with van der Waals surface area (Å²) in [5.74, 6) is 3.41. The molecule has 0 radical (unpaired) electrons. The summed E-state index contributed by atoms with van der Waals surface area (Å²) in [7, 11) is 1.93. The maximum Gasteiger partial charge on any atom is 0.0853 e. The fourth-order valence-corrected chi connectivity index (χ4v) is 8.82. The minimum atomic E-state index is -0.452. The first-order chi connectivity index (χ1) is 13.6. The molecule has 4 saturated carbocycles. The zero-order chi connectivity index (χ0) is 20.6. The Bertz CT molecular complexity index is 773. The van der Waals surface area contributed by atoms with E-state index in [4.69, 9.17) is 0 Å². The smallest absolute Gasteiger partial charge is 0.0853 e. The van der Waals surface area contributed by atoms with Crippen LogP contribution in [0.4, 0.5) is 0 Å². The van der Waals surface area contributed by atoms with E-state index in [1.807, 2.05) is 24.1 Å². The molecular formula is C25H40N2O2.